The molecule has 0 radical (unpaired) electrons. The number of aromatic nitrogens is 1. The smallest absolute Gasteiger partial charge is 0.264 e. The van der Waals surface area contributed by atoms with Gasteiger partial charge in [0, 0.05) is 22.0 Å². The summed E-state index contributed by atoms with van der Waals surface area (Å²) in [6.45, 7) is 5.41. The monoisotopic (exact) mass is 582 g/mol. The first-order valence-corrected chi connectivity index (χ1v) is 14.2. The summed E-state index contributed by atoms with van der Waals surface area (Å²) in [5, 5.41) is 4.42. The van der Waals surface area contributed by atoms with Gasteiger partial charge in [0.05, 0.1) is 29.1 Å². The lowest BCUT2D eigenvalue weighted by Crippen LogP contribution is -2.39. The van der Waals surface area contributed by atoms with Crippen LogP contribution in [0.2, 0.25) is 5.02 Å². The zero-order chi connectivity index (χ0) is 28.9. The van der Waals surface area contributed by atoms with E-state index in [1.165, 1.54) is 36.5 Å². The lowest BCUT2D eigenvalue weighted by atomic mass is 10.2. The van der Waals surface area contributed by atoms with Gasteiger partial charge in [0.2, 0.25) is 0 Å². The van der Waals surface area contributed by atoms with E-state index in [0.717, 1.165) is 15.7 Å². The van der Waals surface area contributed by atoms with E-state index >= 15 is 0 Å². The van der Waals surface area contributed by atoms with Crippen molar-refractivity contribution < 1.29 is 22.3 Å². The average molecular weight is 583 g/mol. The Bertz CT molecular complexity index is 1640. The summed E-state index contributed by atoms with van der Waals surface area (Å²) in [5.41, 5.74) is 5.24. The number of carbonyl (C=O) groups excluding carboxylic acids is 1. The Labute approximate surface area is 237 Å². The van der Waals surface area contributed by atoms with Crippen molar-refractivity contribution in [3.63, 3.8) is 0 Å². The number of sulfonamides is 1. The number of nitrogens with one attached hydrogen (secondary N) is 1. The first kappa shape index (κ1) is 28.8. The molecule has 1 amide bonds. The van der Waals surface area contributed by atoms with Crippen LogP contribution in [0.25, 0.3) is 5.69 Å². The number of hydrogen-bond acceptors (Lipinski definition) is 5. The Kier molecular flexibility index (Phi) is 8.91. The highest BCUT2D eigenvalue weighted by Crippen LogP contribution is 2.27. The highest BCUT2D eigenvalue weighted by Gasteiger charge is 2.27. The number of amides is 1. The van der Waals surface area contributed by atoms with E-state index < -0.39 is 22.5 Å². The molecule has 0 bridgehead atoms. The van der Waals surface area contributed by atoms with Crippen LogP contribution in [0.3, 0.4) is 0 Å². The van der Waals surface area contributed by atoms with Crippen molar-refractivity contribution in [2.45, 2.75) is 25.7 Å². The maximum atomic E-state index is 14.4. The van der Waals surface area contributed by atoms with Crippen LogP contribution in [0.5, 0.6) is 5.75 Å². The molecule has 40 heavy (non-hydrogen) atoms. The van der Waals surface area contributed by atoms with Gasteiger partial charge < -0.3 is 9.30 Å². The van der Waals surface area contributed by atoms with Crippen LogP contribution in [0, 0.1) is 19.7 Å². The van der Waals surface area contributed by atoms with Gasteiger partial charge in [-0.25, -0.2) is 18.2 Å². The average Bonchev–Trinajstić information content (AvgIpc) is 3.21. The van der Waals surface area contributed by atoms with E-state index in [1.807, 2.05) is 26.8 Å². The maximum Gasteiger partial charge on any atom is 0.264 e. The first-order chi connectivity index (χ1) is 19.1. The van der Waals surface area contributed by atoms with Crippen molar-refractivity contribution in [3.05, 3.63) is 107 Å². The van der Waals surface area contributed by atoms with E-state index in [4.69, 9.17) is 16.3 Å². The molecule has 0 unspecified atom stereocenters. The minimum Gasteiger partial charge on any atom is -0.494 e. The number of anilines is 1. The summed E-state index contributed by atoms with van der Waals surface area (Å²) in [6.07, 6.45) is 1.44. The van der Waals surface area contributed by atoms with Crippen molar-refractivity contribution in [1.82, 2.24) is 9.99 Å². The molecule has 0 aliphatic heterocycles. The van der Waals surface area contributed by atoms with Crippen LogP contribution >= 0.6 is 11.6 Å². The summed E-state index contributed by atoms with van der Waals surface area (Å²) in [6, 6.07) is 20.3. The molecular weight excluding hydrogens is 555 g/mol. The van der Waals surface area contributed by atoms with E-state index in [9.17, 15) is 17.6 Å². The van der Waals surface area contributed by atoms with Gasteiger partial charge in [-0.2, -0.15) is 5.10 Å². The number of carbonyl (C=O) groups is 1. The number of hydrogen-bond donors (Lipinski definition) is 1. The molecule has 8 nitrogen and oxygen atoms in total. The second-order valence-electron chi connectivity index (χ2n) is 8.80. The predicted molar refractivity (Wildman–Crippen MR) is 155 cm³/mol. The molecule has 1 aromatic heterocycles. The minimum absolute atomic E-state index is 0.0253. The molecular formula is C29H28ClFN4O4S. The first-order valence-electron chi connectivity index (χ1n) is 12.4. The van der Waals surface area contributed by atoms with Crippen LogP contribution in [0.15, 0.2) is 88.9 Å². The molecule has 1 heterocycles. The van der Waals surface area contributed by atoms with Gasteiger partial charge in [-0.15, -0.1) is 0 Å². The topological polar surface area (TPSA) is 93.0 Å². The van der Waals surface area contributed by atoms with Gasteiger partial charge in [-0.3, -0.25) is 9.10 Å². The largest absolute Gasteiger partial charge is 0.494 e. The standard InChI is InChI=1S/C29H28ClFN4O4S/c1-4-39-25-13-11-24(12-14-25)34(40(37,38)26-15-9-23(30)10-16-26)19-29(36)33-32-18-22-17-20(2)35(21(22)3)28-8-6-5-7-27(28)31/h5-18H,4,19H2,1-3H3,(H,33,36)/b32-18+. The van der Waals surface area contributed by atoms with Crippen molar-refractivity contribution in [2.75, 3.05) is 17.5 Å². The van der Waals surface area contributed by atoms with E-state index in [2.05, 4.69) is 10.5 Å². The SMILES string of the molecule is CCOc1ccc(N(CC(=O)N/N=C/c2cc(C)n(-c3ccccc3F)c2C)S(=O)(=O)c2ccc(Cl)cc2)cc1. The summed E-state index contributed by atoms with van der Waals surface area (Å²) < 4.78 is 49.6. The molecule has 0 aliphatic carbocycles. The van der Waals surface area contributed by atoms with Crippen molar-refractivity contribution in [1.29, 1.82) is 0 Å². The Balaban J connectivity index is 1.56. The molecule has 11 heteroatoms. The third-order valence-electron chi connectivity index (χ3n) is 6.08. The molecule has 4 aromatic rings. The van der Waals surface area contributed by atoms with Gasteiger partial charge in [0.1, 0.15) is 18.1 Å². The molecule has 3 aromatic carbocycles. The molecule has 0 fully saturated rings. The van der Waals surface area contributed by atoms with E-state index in [-0.39, 0.29) is 16.4 Å². The van der Waals surface area contributed by atoms with Gasteiger partial charge in [-0.1, -0.05) is 23.7 Å². The van der Waals surface area contributed by atoms with E-state index in [1.54, 1.807) is 47.0 Å². The van der Waals surface area contributed by atoms with Crippen molar-refractivity contribution in [2.24, 2.45) is 5.10 Å². The minimum atomic E-state index is -4.13. The number of aryl methyl sites for hydroxylation is 1. The number of benzene rings is 3. The second-order valence-corrected chi connectivity index (χ2v) is 11.1. The molecule has 0 aliphatic rings. The highest BCUT2D eigenvalue weighted by molar-refractivity contribution is 7.92. The van der Waals surface area contributed by atoms with Crippen LogP contribution in [-0.2, 0) is 14.8 Å². The quantitative estimate of drug-likeness (QED) is 0.194. The predicted octanol–water partition coefficient (Wildman–Crippen LogP) is 5.63. The summed E-state index contributed by atoms with van der Waals surface area (Å²) in [4.78, 5) is 12.9. The third kappa shape index (κ3) is 6.35. The fourth-order valence-electron chi connectivity index (χ4n) is 4.19. The van der Waals surface area contributed by atoms with Crippen LogP contribution < -0.4 is 14.5 Å². The van der Waals surface area contributed by atoms with Crippen molar-refractivity contribution in [3.8, 4) is 11.4 Å². The van der Waals surface area contributed by atoms with Gasteiger partial charge >= 0.3 is 0 Å². The molecule has 1 N–H and O–H groups in total. The Morgan fingerprint density at radius 1 is 1.07 bits per heavy atom. The van der Waals surface area contributed by atoms with Crippen molar-refractivity contribution >= 4 is 39.4 Å². The number of ether oxygens (including phenoxy) is 1. The molecule has 0 saturated carbocycles. The molecule has 0 spiro atoms. The van der Waals surface area contributed by atoms with E-state index in [0.29, 0.717) is 28.6 Å². The maximum absolute atomic E-state index is 14.4. The highest BCUT2D eigenvalue weighted by atomic mass is 35.5. The fraction of sp³-hybridized carbons (Fsp3) is 0.172. The Morgan fingerprint density at radius 3 is 2.40 bits per heavy atom. The Morgan fingerprint density at radius 2 is 1.75 bits per heavy atom. The van der Waals surface area contributed by atoms with Crippen LogP contribution in [0.1, 0.15) is 23.9 Å². The number of para-hydroxylation sites is 1. The summed E-state index contributed by atoms with van der Waals surface area (Å²) in [5.74, 6) is -0.458. The van der Waals surface area contributed by atoms with Gasteiger partial charge in [0.15, 0.2) is 0 Å². The van der Waals surface area contributed by atoms with Crippen LogP contribution in [0.4, 0.5) is 10.1 Å². The summed E-state index contributed by atoms with van der Waals surface area (Å²) >= 11 is 5.94. The zero-order valence-corrected chi connectivity index (χ0v) is 23.7. The number of rotatable bonds is 10. The van der Waals surface area contributed by atoms with Gasteiger partial charge in [-0.05, 0) is 87.5 Å². The molecule has 208 valence electrons. The zero-order valence-electron chi connectivity index (χ0n) is 22.1. The fourth-order valence-corrected chi connectivity index (χ4v) is 5.73. The lowest BCUT2D eigenvalue weighted by Gasteiger charge is -2.24. The normalized spacial score (nSPS) is 11.5. The number of nitrogens with zero attached hydrogens (tertiary/aromatic N) is 3. The third-order valence-corrected chi connectivity index (χ3v) is 8.12. The number of halogens is 2. The Hall–Kier alpha value is -4.15. The number of hydrazone groups is 1. The summed E-state index contributed by atoms with van der Waals surface area (Å²) in [7, 11) is -4.13. The molecule has 0 saturated heterocycles. The second kappa shape index (κ2) is 12.4. The lowest BCUT2D eigenvalue weighted by molar-refractivity contribution is -0.119. The van der Waals surface area contributed by atoms with Crippen LogP contribution in [-0.4, -0.2) is 38.3 Å². The molecule has 4 rings (SSSR count). The molecule has 0 atom stereocenters. The van der Waals surface area contributed by atoms with Gasteiger partial charge in [0.25, 0.3) is 15.9 Å².